The second-order valence-corrected chi connectivity index (χ2v) is 10.2. The maximum absolute atomic E-state index is 13.7. The van der Waals surface area contributed by atoms with Gasteiger partial charge in [0.1, 0.15) is 5.65 Å². The summed E-state index contributed by atoms with van der Waals surface area (Å²) < 4.78 is 42.7. The maximum Gasteiger partial charge on any atom is 0.435 e. The molecule has 1 fully saturated rings. The number of hydrogen-bond acceptors (Lipinski definition) is 6. The van der Waals surface area contributed by atoms with Crippen LogP contribution in [0.1, 0.15) is 42.7 Å². The van der Waals surface area contributed by atoms with Crippen molar-refractivity contribution in [1.82, 2.24) is 29.6 Å². The van der Waals surface area contributed by atoms with E-state index < -0.39 is 23.5 Å². The van der Waals surface area contributed by atoms with Crippen LogP contribution in [0.25, 0.3) is 22.3 Å². The number of likely N-dealkylation sites (tertiary alicyclic amines) is 1. The quantitative estimate of drug-likeness (QED) is 0.333. The molecule has 1 aliphatic rings. The number of fused-ring (bicyclic) bond motifs is 1. The van der Waals surface area contributed by atoms with Crippen molar-refractivity contribution in [3.05, 3.63) is 54.2 Å². The van der Waals surface area contributed by atoms with Crippen molar-refractivity contribution in [3.63, 3.8) is 0 Å². The van der Waals surface area contributed by atoms with Gasteiger partial charge in [-0.15, -0.1) is 0 Å². The van der Waals surface area contributed by atoms with E-state index in [2.05, 4.69) is 30.7 Å². The van der Waals surface area contributed by atoms with Crippen LogP contribution in [0.15, 0.2) is 43.0 Å². The number of carbonyl (C=O) groups is 2. The van der Waals surface area contributed by atoms with Gasteiger partial charge < -0.3 is 15.6 Å². The maximum atomic E-state index is 13.7. The van der Waals surface area contributed by atoms with Gasteiger partial charge in [-0.3, -0.25) is 19.2 Å². The molecule has 0 radical (unpaired) electrons. The molecule has 4 aromatic rings. The molecule has 204 valence electrons. The fraction of sp³-hybridized carbons (Fsp3) is 0.346. The molecule has 0 aromatic carbocycles. The third kappa shape index (κ3) is 5.62. The van der Waals surface area contributed by atoms with Crippen LogP contribution in [0.2, 0.25) is 0 Å². The second kappa shape index (κ2) is 9.80. The number of pyridine rings is 2. The minimum Gasteiger partial charge on any atom is -0.339 e. The normalized spacial score (nSPS) is 15.5. The Balaban J connectivity index is 1.36. The van der Waals surface area contributed by atoms with E-state index in [1.54, 1.807) is 24.0 Å². The fourth-order valence-electron chi connectivity index (χ4n) is 4.73. The highest BCUT2D eigenvalue weighted by Crippen LogP contribution is 2.35. The van der Waals surface area contributed by atoms with E-state index in [9.17, 15) is 22.8 Å². The van der Waals surface area contributed by atoms with Crippen LogP contribution in [-0.2, 0) is 18.0 Å². The molecular formula is C26H27F3N8O2. The molecule has 10 nitrogen and oxygen atoms in total. The van der Waals surface area contributed by atoms with Crippen LogP contribution in [-0.4, -0.2) is 60.1 Å². The summed E-state index contributed by atoms with van der Waals surface area (Å²) in [6.45, 7) is 4.94. The van der Waals surface area contributed by atoms with E-state index in [-0.39, 0.29) is 29.2 Å². The third-order valence-corrected chi connectivity index (χ3v) is 6.84. The van der Waals surface area contributed by atoms with Crippen molar-refractivity contribution < 1.29 is 22.8 Å². The van der Waals surface area contributed by atoms with Crippen molar-refractivity contribution >= 4 is 34.2 Å². The van der Waals surface area contributed by atoms with E-state index in [0.717, 1.165) is 42.9 Å². The van der Waals surface area contributed by atoms with Crippen LogP contribution in [0.4, 0.5) is 24.5 Å². The number of carbonyl (C=O) groups excluding carboxylic acids is 2. The summed E-state index contributed by atoms with van der Waals surface area (Å²) in [7, 11) is 1.78. The fourth-order valence-corrected chi connectivity index (χ4v) is 4.73. The molecule has 1 aliphatic heterocycles. The van der Waals surface area contributed by atoms with Gasteiger partial charge in [0.2, 0.25) is 5.91 Å². The van der Waals surface area contributed by atoms with E-state index in [1.807, 2.05) is 24.9 Å². The molecular weight excluding hydrogens is 513 g/mol. The number of rotatable bonds is 6. The lowest BCUT2D eigenvalue weighted by Crippen LogP contribution is -2.42. The number of nitrogens with one attached hydrogen (secondary N) is 3. The second-order valence-electron chi connectivity index (χ2n) is 10.2. The first kappa shape index (κ1) is 26.4. The number of aromatic amines is 1. The summed E-state index contributed by atoms with van der Waals surface area (Å²) in [5.41, 5.74) is 0.165. The minimum absolute atomic E-state index is 0.0422. The monoisotopic (exact) mass is 540 g/mol. The van der Waals surface area contributed by atoms with Gasteiger partial charge in [0, 0.05) is 35.9 Å². The Morgan fingerprint density at radius 1 is 1.10 bits per heavy atom. The number of aryl methyl sites for hydroxylation is 1. The molecule has 13 heteroatoms. The first-order valence-corrected chi connectivity index (χ1v) is 12.3. The van der Waals surface area contributed by atoms with Crippen molar-refractivity contribution in [2.45, 2.75) is 38.4 Å². The van der Waals surface area contributed by atoms with Crippen LogP contribution in [0.5, 0.6) is 0 Å². The Labute approximate surface area is 221 Å². The zero-order valence-corrected chi connectivity index (χ0v) is 21.6. The molecule has 0 saturated carbocycles. The lowest BCUT2D eigenvalue weighted by molar-refractivity contribution is -0.140. The van der Waals surface area contributed by atoms with Gasteiger partial charge in [-0.25, -0.2) is 9.97 Å². The number of aromatic nitrogens is 5. The number of alkyl halides is 3. The highest BCUT2D eigenvalue weighted by Gasteiger charge is 2.37. The molecule has 5 heterocycles. The van der Waals surface area contributed by atoms with Crippen molar-refractivity contribution in [1.29, 1.82) is 0 Å². The number of anilines is 2. The molecule has 3 N–H and O–H groups in total. The Morgan fingerprint density at radius 3 is 2.56 bits per heavy atom. The first-order valence-electron chi connectivity index (χ1n) is 12.3. The van der Waals surface area contributed by atoms with E-state index >= 15 is 0 Å². The third-order valence-electron chi connectivity index (χ3n) is 6.84. The summed E-state index contributed by atoms with van der Waals surface area (Å²) in [4.78, 5) is 38.5. The Morgan fingerprint density at radius 2 is 1.90 bits per heavy atom. The molecule has 0 bridgehead atoms. The van der Waals surface area contributed by atoms with Crippen LogP contribution < -0.4 is 10.6 Å². The van der Waals surface area contributed by atoms with E-state index in [4.69, 9.17) is 0 Å². The van der Waals surface area contributed by atoms with Crippen molar-refractivity contribution in [3.8, 4) is 11.3 Å². The summed E-state index contributed by atoms with van der Waals surface area (Å²) >= 11 is 0. The van der Waals surface area contributed by atoms with Gasteiger partial charge in [0.25, 0.3) is 5.91 Å². The summed E-state index contributed by atoms with van der Waals surface area (Å²) in [5.74, 6) is -1.18. The Bertz CT molecular complexity index is 1560. The molecule has 0 spiro atoms. The molecule has 0 atom stereocenters. The molecule has 4 aromatic heterocycles. The lowest BCUT2D eigenvalue weighted by atomic mass is 10.0. The van der Waals surface area contributed by atoms with Gasteiger partial charge in [0.15, 0.2) is 5.69 Å². The number of halogens is 3. The molecule has 0 unspecified atom stereocenters. The average molecular weight is 541 g/mol. The standard InChI is InChI=1S/C26H27F3N8O2/c1-25(2)5-4-6-37(25)14-21(38)33-18-9-20(22(30-12-18)26(27,28)29)35-24(39)16-7-15-8-19(34-23(15)31-10-16)17-11-32-36(3)13-17/h7-13H,4-6,14H2,1-3H3,(H,31,34)(H,33,38)(H,35,39). The van der Waals surface area contributed by atoms with Gasteiger partial charge in [-0.05, 0) is 51.4 Å². The molecule has 39 heavy (non-hydrogen) atoms. The first-order chi connectivity index (χ1) is 18.4. The van der Waals surface area contributed by atoms with Crippen LogP contribution >= 0.6 is 0 Å². The van der Waals surface area contributed by atoms with Gasteiger partial charge in [-0.1, -0.05) is 0 Å². The summed E-state index contributed by atoms with van der Waals surface area (Å²) in [6.07, 6.45) is 2.76. The van der Waals surface area contributed by atoms with Crippen LogP contribution in [0, 0.1) is 0 Å². The summed E-state index contributed by atoms with van der Waals surface area (Å²) in [6, 6.07) is 4.36. The average Bonchev–Trinajstić information content (AvgIpc) is 3.56. The van der Waals surface area contributed by atoms with E-state index in [1.165, 1.54) is 12.3 Å². The topological polar surface area (TPSA) is 121 Å². The number of hydrogen-bond donors (Lipinski definition) is 3. The van der Waals surface area contributed by atoms with E-state index in [0.29, 0.717) is 11.0 Å². The Hall–Kier alpha value is -4.26. The Kier molecular flexibility index (Phi) is 6.62. The highest BCUT2D eigenvalue weighted by atomic mass is 19.4. The largest absolute Gasteiger partial charge is 0.435 e. The number of H-pyrrole nitrogens is 1. The minimum atomic E-state index is -4.83. The lowest BCUT2D eigenvalue weighted by Gasteiger charge is -2.30. The van der Waals surface area contributed by atoms with Crippen LogP contribution in [0.3, 0.4) is 0 Å². The van der Waals surface area contributed by atoms with Gasteiger partial charge in [-0.2, -0.15) is 18.3 Å². The predicted molar refractivity (Wildman–Crippen MR) is 139 cm³/mol. The molecule has 1 saturated heterocycles. The van der Waals surface area contributed by atoms with Crippen molar-refractivity contribution in [2.75, 3.05) is 23.7 Å². The predicted octanol–water partition coefficient (Wildman–Crippen LogP) is 4.44. The highest BCUT2D eigenvalue weighted by molar-refractivity contribution is 6.06. The smallest absolute Gasteiger partial charge is 0.339 e. The number of amides is 2. The van der Waals surface area contributed by atoms with Gasteiger partial charge >= 0.3 is 6.18 Å². The summed E-state index contributed by atoms with van der Waals surface area (Å²) in [5, 5.41) is 9.62. The SMILES string of the molecule is Cn1cc(-c2cc3cc(C(=O)Nc4cc(NC(=O)CN5CCCC5(C)C)cnc4C(F)(F)F)cnc3[nH]2)cn1. The zero-order chi connectivity index (χ0) is 27.9. The number of nitrogens with zero attached hydrogens (tertiary/aromatic N) is 5. The zero-order valence-electron chi connectivity index (χ0n) is 21.6. The molecule has 5 rings (SSSR count). The molecule has 2 amide bonds. The van der Waals surface area contributed by atoms with Gasteiger partial charge in [0.05, 0.1) is 41.6 Å². The molecule has 0 aliphatic carbocycles. The van der Waals surface area contributed by atoms with Crippen molar-refractivity contribution in [2.24, 2.45) is 7.05 Å².